The highest BCUT2D eigenvalue weighted by Gasteiger charge is 2.27. The number of benzene rings is 2. The molecule has 0 aromatic heterocycles. The molecule has 35 heavy (non-hydrogen) atoms. The summed E-state index contributed by atoms with van der Waals surface area (Å²) >= 11 is 0. The third-order valence-electron chi connectivity index (χ3n) is 6.81. The first-order valence-corrected chi connectivity index (χ1v) is 12.8. The fourth-order valence-electron chi connectivity index (χ4n) is 4.39. The maximum absolute atomic E-state index is 12.6. The highest BCUT2D eigenvalue weighted by Crippen LogP contribution is 2.26. The van der Waals surface area contributed by atoms with Crippen LogP contribution in [-0.2, 0) is 9.59 Å². The van der Waals surface area contributed by atoms with Crippen molar-refractivity contribution in [1.29, 1.82) is 0 Å². The molecule has 5 nitrogen and oxygen atoms in total. The van der Waals surface area contributed by atoms with Crippen molar-refractivity contribution >= 4 is 17.5 Å². The summed E-state index contributed by atoms with van der Waals surface area (Å²) in [5, 5.41) is 0. The van der Waals surface area contributed by atoms with Gasteiger partial charge in [0.15, 0.2) is 0 Å². The predicted molar refractivity (Wildman–Crippen MR) is 143 cm³/mol. The SMILES string of the molecule is CC(C)CCN(c1ccc(C#Cc2ccccc2)cc1)C1CCN(C(=O)CCC(C)C(N)=O)CC1. The van der Waals surface area contributed by atoms with Gasteiger partial charge in [-0.25, -0.2) is 0 Å². The molecule has 0 saturated carbocycles. The van der Waals surface area contributed by atoms with Crippen LogP contribution in [0.3, 0.4) is 0 Å². The third-order valence-corrected chi connectivity index (χ3v) is 6.81. The molecule has 2 aromatic carbocycles. The Kier molecular flexibility index (Phi) is 9.78. The van der Waals surface area contributed by atoms with Crippen LogP contribution >= 0.6 is 0 Å². The lowest BCUT2D eigenvalue weighted by Gasteiger charge is -2.40. The second-order valence-corrected chi connectivity index (χ2v) is 9.99. The normalized spacial score (nSPS) is 14.8. The van der Waals surface area contributed by atoms with E-state index in [-0.39, 0.29) is 17.7 Å². The maximum Gasteiger partial charge on any atom is 0.222 e. The molecule has 1 atom stereocenters. The Morgan fingerprint density at radius 3 is 2.11 bits per heavy atom. The number of piperidine rings is 1. The van der Waals surface area contributed by atoms with E-state index in [2.05, 4.69) is 54.9 Å². The van der Waals surface area contributed by atoms with Crippen molar-refractivity contribution in [3.05, 3.63) is 65.7 Å². The second kappa shape index (κ2) is 13.0. The Balaban J connectivity index is 1.62. The van der Waals surface area contributed by atoms with Crippen molar-refractivity contribution in [3.8, 4) is 11.8 Å². The van der Waals surface area contributed by atoms with Crippen LogP contribution in [0.4, 0.5) is 5.69 Å². The first kappa shape index (κ1) is 26.3. The van der Waals surface area contributed by atoms with E-state index in [9.17, 15) is 9.59 Å². The molecule has 0 aliphatic carbocycles. The fourth-order valence-corrected chi connectivity index (χ4v) is 4.39. The molecule has 0 bridgehead atoms. The molecular weight excluding hydrogens is 434 g/mol. The first-order valence-electron chi connectivity index (χ1n) is 12.8. The molecule has 3 rings (SSSR count). The number of likely N-dealkylation sites (tertiary alicyclic amines) is 1. The minimum atomic E-state index is -0.339. The number of amides is 2. The molecule has 5 heteroatoms. The minimum absolute atomic E-state index is 0.131. The molecule has 186 valence electrons. The molecule has 2 amide bonds. The zero-order chi connectivity index (χ0) is 25.2. The van der Waals surface area contributed by atoms with E-state index >= 15 is 0 Å². The number of primary amides is 1. The van der Waals surface area contributed by atoms with Gasteiger partial charge in [0.05, 0.1) is 0 Å². The molecule has 1 fully saturated rings. The Morgan fingerprint density at radius 2 is 1.54 bits per heavy atom. The van der Waals surface area contributed by atoms with Gasteiger partial charge in [0, 0.05) is 54.8 Å². The van der Waals surface area contributed by atoms with Crippen LogP contribution in [0.25, 0.3) is 0 Å². The van der Waals surface area contributed by atoms with Gasteiger partial charge in [0.25, 0.3) is 0 Å². The Morgan fingerprint density at radius 1 is 0.943 bits per heavy atom. The number of carbonyl (C=O) groups is 2. The van der Waals surface area contributed by atoms with E-state index in [1.165, 1.54) is 5.69 Å². The molecule has 1 heterocycles. The molecular formula is C30H39N3O2. The van der Waals surface area contributed by atoms with E-state index in [4.69, 9.17) is 5.73 Å². The van der Waals surface area contributed by atoms with Crippen molar-refractivity contribution in [3.63, 3.8) is 0 Å². The van der Waals surface area contributed by atoms with E-state index in [1.807, 2.05) is 35.2 Å². The number of nitrogens with two attached hydrogens (primary N) is 1. The van der Waals surface area contributed by atoms with E-state index in [0.29, 0.717) is 24.8 Å². The number of hydrogen-bond donors (Lipinski definition) is 1. The quantitative estimate of drug-likeness (QED) is 0.531. The van der Waals surface area contributed by atoms with Gasteiger partial charge in [-0.05, 0) is 68.0 Å². The third kappa shape index (κ3) is 8.17. The van der Waals surface area contributed by atoms with Gasteiger partial charge in [-0.15, -0.1) is 0 Å². The van der Waals surface area contributed by atoms with Gasteiger partial charge in [-0.3, -0.25) is 9.59 Å². The Hall–Kier alpha value is -3.26. The van der Waals surface area contributed by atoms with Gasteiger partial charge < -0.3 is 15.5 Å². The smallest absolute Gasteiger partial charge is 0.222 e. The summed E-state index contributed by atoms with van der Waals surface area (Å²) in [4.78, 5) is 28.4. The number of carbonyl (C=O) groups excluding carboxylic acids is 2. The molecule has 0 radical (unpaired) electrons. The second-order valence-electron chi connectivity index (χ2n) is 9.99. The number of nitrogens with zero attached hydrogens (tertiary/aromatic N) is 2. The van der Waals surface area contributed by atoms with Crippen molar-refractivity contribution in [2.45, 2.75) is 58.9 Å². The zero-order valence-electron chi connectivity index (χ0n) is 21.4. The molecule has 1 unspecified atom stereocenters. The zero-order valence-corrected chi connectivity index (χ0v) is 21.4. The topological polar surface area (TPSA) is 66.6 Å². The lowest BCUT2D eigenvalue weighted by molar-refractivity contribution is -0.132. The fraction of sp³-hybridized carbons (Fsp3) is 0.467. The van der Waals surface area contributed by atoms with Gasteiger partial charge >= 0.3 is 0 Å². The largest absolute Gasteiger partial charge is 0.369 e. The average molecular weight is 474 g/mol. The summed E-state index contributed by atoms with van der Waals surface area (Å²) < 4.78 is 0. The summed E-state index contributed by atoms with van der Waals surface area (Å²) in [6, 6.07) is 19.0. The van der Waals surface area contributed by atoms with Crippen LogP contribution in [0.15, 0.2) is 54.6 Å². The Bertz CT molecular complexity index is 1010. The van der Waals surface area contributed by atoms with Crippen LogP contribution in [0.2, 0.25) is 0 Å². The molecule has 1 saturated heterocycles. The summed E-state index contributed by atoms with van der Waals surface area (Å²) in [6.45, 7) is 8.82. The monoisotopic (exact) mass is 473 g/mol. The lowest BCUT2D eigenvalue weighted by Crippen LogP contribution is -2.47. The average Bonchev–Trinajstić information content (AvgIpc) is 2.87. The standard InChI is InChI=1S/C30H39N3O2/c1-23(2)17-22-33(27-14-12-26(13-15-27)11-10-25-7-5-4-6-8-25)28-18-20-32(21-19-28)29(34)16-9-24(3)30(31)35/h4-8,12-15,23-24,28H,9,16-22H2,1-3H3,(H2,31,35). The molecule has 1 aliphatic rings. The van der Waals surface area contributed by atoms with Crippen LogP contribution in [0, 0.1) is 23.7 Å². The van der Waals surface area contributed by atoms with E-state index in [0.717, 1.165) is 50.0 Å². The number of rotatable bonds is 9. The highest BCUT2D eigenvalue weighted by atomic mass is 16.2. The molecule has 2 aromatic rings. The van der Waals surface area contributed by atoms with Crippen molar-refractivity contribution < 1.29 is 9.59 Å². The number of anilines is 1. The van der Waals surface area contributed by atoms with Gasteiger partial charge in [0.2, 0.25) is 11.8 Å². The van der Waals surface area contributed by atoms with Crippen LogP contribution in [0.1, 0.15) is 64.0 Å². The summed E-state index contributed by atoms with van der Waals surface area (Å²) in [5.41, 5.74) is 8.57. The lowest BCUT2D eigenvalue weighted by atomic mass is 9.99. The van der Waals surface area contributed by atoms with Gasteiger partial charge in [-0.1, -0.05) is 50.8 Å². The Labute approximate surface area is 210 Å². The molecule has 1 aliphatic heterocycles. The molecule has 2 N–H and O–H groups in total. The van der Waals surface area contributed by atoms with Crippen molar-refractivity contribution in [2.75, 3.05) is 24.5 Å². The van der Waals surface area contributed by atoms with E-state index in [1.54, 1.807) is 6.92 Å². The minimum Gasteiger partial charge on any atom is -0.369 e. The van der Waals surface area contributed by atoms with Crippen molar-refractivity contribution in [1.82, 2.24) is 4.90 Å². The van der Waals surface area contributed by atoms with Crippen LogP contribution in [0.5, 0.6) is 0 Å². The highest BCUT2D eigenvalue weighted by molar-refractivity contribution is 5.79. The number of hydrogen-bond acceptors (Lipinski definition) is 3. The van der Waals surface area contributed by atoms with Crippen LogP contribution in [-0.4, -0.2) is 42.4 Å². The summed E-state index contributed by atoms with van der Waals surface area (Å²) in [6.07, 6.45) is 3.93. The van der Waals surface area contributed by atoms with E-state index < -0.39 is 0 Å². The summed E-state index contributed by atoms with van der Waals surface area (Å²) in [7, 11) is 0. The summed E-state index contributed by atoms with van der Waals surface area (Å²) in [5.74, 6) is 6.64. The molecule has 0 spiro atoms. The van der Waals surface area contributed by atoms with Crippen LogP contribution < -0.4 is 10.6 Å². The van der Waals surface area contributed by atoms with Gasteiger partial charge in [0.1, 0.15) is 0 Å². The van der Waals surface area contributed by atoms with Gasteiger partial charge in [-0.2, -0.15) is 0 Å². The van der Waals surface area contributed by atoms with Crippen molar-refractivity contribution in [2.24, 2.45) is 17.6 Å². The maximum atomic E-state index is 12.6. The first-order chi connectivity index (χ1) is 16.8. The predicted octanol–water partition coefficient (Wildman–Crippen LogP) is 4.83.